The first-order chi connectivity index (χ1) is 9.72. The van der Waals surface area contributed by atoms with Gasteiger partial charge in [0, 0.05) is 6.54 Å². The molecule has 1 aromatic heterocycles. The van der Waals surface area contributed by atoms with Crippen LogP contribution >= 0.6 is 22.6 Å². The van der Waals surface area contributed by atoms with E-state index < -0.39 is 0 Å². The fourth-order valence-corrected chi connectivity index (χ4v) is 1.91. The smallest absolute Gasteiger partial charge is 0.330 e. The van der Waals surface area contributed by atoms with E-state index >= 15 is 0 Å². The number of methoxy groups -OCH3 is 1. The minimum Gasteiger partial charge on any atom is -0.467 e. The molecule has 0 atom stereocenters. The lowest BCUT2D eigenvalue weighted by Crippen LogP contribution is -2.07. The molecule has 0 aliphatic carbocycles. The zero-order valence-corrected chi connectivity index (χ0v) is 13.4. The Balaban J connectivity index is 2.24. The van der Waals surface area contributed by atoms with Gasteiger partial charge in [0.05, 0.1) is 10.7 Å². The Morgan fingerprint density at radius 3 is 2.60 bits per heavy atom. The van der Waals surface area contributed by atoms with Gasteiger partial charge in [0.25, 0.3) is 0 Å². The Kier molecular flexibility index (Phi) is 5.33. The van der Waals surface area contributed by atoms with Gasteiger partial charge in [0.2, 0.25) is 5.95 Å². The molecular formula is C13H15IN4O2. The number of aromatic nitrogens is 3. The largest absolute Gasteiger partial charge is 0.467 e. The summed E-state index contributed by atoms with van der Waals surface area (Å²) in [5.74, 6) is 1.14. The standard InChI is InChI=1S/C13H15IN4O2/c1-3-8-15-11-16-12(19-2)18-13(17-11)20-10-7-5-4-6-9(10)14/h4-7H,3,8H2,1-2H3,(H,15,16,17,18). The van der Waals surface area contributed by atoms with Gasteiger partial charge in [0.1, 0.15) is 5.75 Å². The van der Waals surface area contributed by atoms with Gasteiger partial charge in [-0.1, -0.05) is 19.1 Å². The molecule has 20 heavy (non-hydrogen) atoms. The normalized spacial score (nSPS) is 10.2. The average Bonchev–Trinajstić information content (AvgIpc) is 2.47. The highest BCUT2D eigenvalue weighted by Gasteiger charge is 2.10. The van der Waals surface area contributed by atoms with Crippen molar-refractivity contribution in [1.29, 1.82) is 0 Å². The number of ether oxygens (including phenoxy) is 2. The van der Waals surface area contributed by atoms with Crippen LogP contribution < -0.4 is 14.8 Å². The maximum Gasteiger partial charge on any atom is 0.330 e. The zero-order valence-electron chi connectivity index (χ0n) is 11.3. The van der Waals surface area contributed by atoms with E-state index in [1.807, 2.05) is 24.3 Å². The monoisotopic (exact) mass is 386 g/mol. The summed E-state index contributed by atoms with van der Waals surface area (Å²) >= 11 is 2.19. The molecule has 0 spiro atoms. The van der Waals surface area contributed by atoms with Crippen molar-refractivity contribution in [3.63, 3.8) is 0 Å². The molecule has 1 heterocycles. The van der Waals surface area contributed by atoms with Gasteiger partial charge in [-0.3, -0.25) is 0 Å². The fourth-order valence-electron chi connectivity index (χ4n) is 1.42. The van der Waals surface area contributed by atoms with Crippen molar-refractivity contribution < 1.29 is 9.47 Å². The lowest BCUT2D eigenvalue weighted by atomic mass is 10.3. The van der Waals surface area contributed by atoms with E-state index in [2.05, 4.69) is 49.8 Å². The lowest BCUT2D eigenvalue weighted by molar-refractivity contribution is 0.359. The van der Waals surface area contributed by atoms with Crippen molar-refractivity contribution in [3.05, 3.63) is 27.8 Å². The predicted octanol–water partition coefficient (Wildman–Crippen LogP) is 3.10. The van der Waals surface area contributed by atoms with Crippen LogP contribution in [0.4, 0.5) is 5.95 Å². The molecule has 0 amide bonds. The summed E-state index contributed by atoms with van der Waals surface area (Å²) in [5.41, 5.74) is 0. The summed E-state index contributed by atoms with van der Waals surface area (Å²) < 4.78 is 11.7. The van der Waals surface area contributed by atoms with Gasteiger partial charge in [-0.15, -0.1) is 4.98 Å². The van der Waals surface area contributed by atoms with E-state index in [4.69, 9.17) is 9.47 Å². The molecule has 0 bridgehead atoms. The molecule has 1 N–H and O–H groups in total. The minimum absolute atomic E-state index is 0.208. The van der Waals surface area contributed by atoms with Crippen molar-refractivity contribution in [3.8, 4) is 17.8 Å². The van der Waals surface area contributed by atoms with E-state index in [-0.39, 0.29) is 12.0 Å². The molecule has 2 aromatic rings. The Morgan fingerprint density at radius 1 is 1.15 bits per heavy atom. The first kappa shape index (κ1) is 14.8. The average molecular weight is 386 g/mol. The van der Waals surface area contributed by atoms with Gasteiger partial charge >= 0.3 is 12.0 Å². The third-order valence-corrected chi connectivity index (χ3v) is 3.24. The highest BCUT2D eigenvalue weighted by Crippen LogP contribution is 2.25. The van der Waals surface area contributed by atoms with Crippen LogP contribution in [-0.2, 0) is 0 Å². The van der Waals surface area contributed by atoms with Crippen LogP contribution in [-0.4, -0.2) is 28.6 Å². The maximum atomic E-state index is 5.68. The molecule has 1 aromatic carbocycles. The SMILES string of the molecule is CCCNc1nc(OC)nc(Oc2ccccc2I)n1. The summed E-state index contributed by atoms with van der Waals surface area (Å²) in [6, 6.07) is 8.07. The highest BCUT2D eigenvalue weighted by atomic mass is 127. The van der Waals surface area contributed by atoms with Crippen molar-refractivity contribution in [2.24, 2.45) is 0 Å². The maximum absolute atomic E-state index is 5.68. The molecule has 0 fully saturated rings. The molecule has 0 radical (unpaired) electrons. The molecule has 106 valence electrons. The predicted molar refractivity (Wildman–Crippen MR) is 84.4 cm³/mol. The van der Waals surface area contributed by atoms with Crippen LogP contribution in [0, 0.1) is 3.57 Å². The first-order valence-electron chi connectivity index (χ1n) is 6.19. The molecule has 0 unspecified atom stereocenters. The molecule has 2 rings (SSSR count). The van der Waals surface area contributed by atoms with E-state index in [1.54, 1.807) is 0 Å². The fraction of sp³-hybridized carbons (Fsp3) is 0.308. The summed E-state index contributed by atoms with van der Waals surface area (Å²) in [7, 11) is 1.51. The first-order valence-corrected chi connectivity index (χ1v) is 7.27. The summed E-state index contributed by atoms with van der Waals surface area (Å²) in [5, 5.41) is 3.09. The minimum atomic E-state index is 0.208. The lowest BCUT2D eigenvalue weighted by Gasteiger charge is -2.09. The number of hydrogen-bond acceptors (Lipinski definition) is 6. The molecule has 7 heteroatoms. The van der Waals surface area contributed by atoms with Gasteiger partial charge in [-0.05, 0) is 41.1 Å². The Bertz CT molecular complexity index is 580. The van der Waals surface area contributed by atoms with Crippen LogP contribution in [0.5, 0.6) is 17.8 Å². The van der Waals surface area contributed by atoms with E-state index in [0.717, 1.165) is 16.5 Å². The van der Waals surface area contributed by atoms with E-state index in [0.29, 0.717) is 11.7 Å². The topological polar surface area (TPSA) is 69.2 Å². The van der Waals surface area contributed by atoms with Crippen LogP contribution in [0.1, 0.15) is 13.3 Å². The molecular weight excluding hydrogens is 371 g/mol. The number of hydrogen-bond donors (Lipinski definition) is 1. The number of rotatable bonds is 6. The van der Waals surface area contributed by atoms with E-state index in [1.165, 1.54) is 7.11 Å². The van der Waals surface area contributed by atoms with Crippen molar-refractivity contribution in [1.82, 2.24) is 15.0 Å². The van der Waals surface area contributed by atoms with Gasteiger partial charge < -0.3 is 14.8 Å². The summed E-state index contributed by atoms with van der Waals surface area (Å²) in [6.07, 6.45) is 0.973. The number of para-hydroxylation sites is 1. The van der Waals surface area contributed by atoms with Crippen molar-refractivity contribution >= 4 is 28.5 Å². The molecule has 0 aliphatic rings. The number of benzene rings is 1. The van der Waals surface area contributed by atoms with Gasteiger partial charge in [-0.25, -0.2) is 0 Å². The zero-order chi connectivity index (χ0) is 14.4. The molecule has 6 nitrogen and oxygen atoms in total. The van der Waals surface area contributed by atoms with Crippen molar-refractivity contribution in [2.45, 2.75) is 13.3 Å². The van der Waals surface area contributed by atoms with Crippen LogP contribution in [0.15, 0.2) is 24.3 Å². The Labute approximate surface area is 131 Å². The second-order valence-corrected chi connectivity index (χ2v) is 5.05. The molecule has 0 saturated heterocycles. The molecule has 0 aliphatic heterocycles. The highest BCUT2D eigenvalue weighted by molar-refractivity contribution is 14.1. The summed E-state index contributed by atoms with van der Waals surface area (Å²) in [4.78, 5) is 12.4. The van der Waals surface area contributed by atoms with Crippen molar-refractivity contribution in [2.75, 3.05) is 19.0 Å². The number of nitrogens with zero attached hydrogens (tertiary/aromatic N) is 3. The van der Waals surface area contributed by atoms with Gasteiger partial charge in [0.15, 0.2) is 0 Å². The third-order valence-electron chi connectivity index (χ3n) is 2.35. The summed E-state index contributed by atoms with van der Waals surface area (Å²) in [6.45, 7) is 2.84. The van der Waals surface area contributed by atoms with Crippen LogP contribution in [0.3, 0.4) is 0 Å². The molecule has 0 saturated carbocycles. The quantitative estimate of drug-likeness (QED) is 0.770. The second kappa shape index (κ2) is 7.22. The number of halogens is 1. The number of nitrogens with one attached hydrogen (secondary N) is 1. The Morgan fingerprint density at radius 2 is 1.90 bits per heavy atom. The van der Waals surface area contributed by atoms with Crippen LogP contribution in [0.2, 0.25) is 0 Å². The Hall–Kier alpha value is -1.64. The third kappa shape index (κ3) is 3.92. The van der Waals surface area contributed by atoms with Crippen LogP contribution in [0.25, 0.3) is 0 Å². The van der Waals surface area contributed by atoms with Gasteiger partial charge in [-0.2, -0.15) is 9.97 Å². The van der Waals surface area contributed by atoms with E-state index in [9.17, 15) is 0 Å². The second-order valence-electron chi connectivity index (χ2n) is 3.89. The number of anilines is 1.